The van der Waals surface area contributed by atoms with Gasteiger partial charge in [-0.25, -0.2) is 0 Å². The van der Waals surface area contributed by atoms with Gasteiger partial charge in [0.05, 0.1) is 12.7 Å². The highest BCUT2D eigenvalue weighted by Gasteiger charge is 2.07. The van der Waals surface area contributed by atoms with Gasteiger partial charge in [0.25, 0.3) is 0 Å². The highest BCUT2D eigenvalue weighted by Crippen LogP contribution is 2.31. The highest BCUT2D eigenvalue weighted by atomic mass is 35.5. The van der Waals surface area contributed by atoms with Crippen LogP contribution in [-0.4, -0.2) is 7.11 Å². The van der Waals surface area contributed by atoms with Gasteiger partial charge >= 0.3 is 0 Å². The molecule has 4 heteroatoms. The van der Waals surface area contributed by atoms with Gasteiger partial charge < -0.3 is 4.74 Å². The van der Waals surface area contributed by atoms with E-state index < -0.39 is 0 Å². The first-order valence-corrected chi connectivity index (χ1v) is 3.87. The normalized spacial score (nSPS) is 9.17. The predicted octanol–water partition coefficient (Wildman–Crippen LogP) is 2.87. The number of rotatable bonds is 1. The summed E-state index contributed by atoms with van der Waals surface area (Å²) in [4.78, 5) is 0. The molecule has 0 spiro atoms. The average Bonchev–Trinajstić information content (AvgIpc) is 2.08. The topological polar surface area (TPSA) is 33.0 Å². The fraction of sp³-hybridized carbons (Fsp3) is 0.125. The first-order valence-electron chi connectivity index (χ1n) is 3.12. The Hall–Kier alpha value is -0.910. The van der Waals surface area contributed by atoms with Crippen LogP contribution >= 0.6 is 23.2 Å². The van der Waals surface area contributed by atoms with Crippen LogP contribution in [0.1, 0.15) is 5.56 Å². The zero-order valence-corrected chi connectivity index (χ0v) is 7.78. The van der Waals surface area contributed by atoms with Gasteiger partial charge in [0, 0.05) is 11.1 Å². The summed E-state index contributed by atoms with van der Waals surface area (Å²) in [5.41, 5.74) is 0.320. The quantitative estimate of drug-likeness (QED) is 0.701. The third-order valence-electron chi connectivity index (χ3n) is 1.34. The molecular formula is C8H5Cl2NO. The molecule has 0 N–H and O–H groups in total. The van der Waals surface area contributed by atoms with Crippen LogP contribution in [0.5, 0.6) is 5.75 Å². The molecule has 62 valence electrons. The number of benzene rings is 1. The fourth-order valence-corrected chi connectivity index (χ4v) is 1.23. The van der Waals surface area contributed by atoms with Crippen molar-refractivity contribution < 1.29 is 4.74 Å². The summed E-state index contributed by atoms with van der Waals surface area (Å²) >= 11 is 11.5. The molecule has 2 nitrogen and oxygen atoms in total. The molecular weight excluding hydrogens is 197 g/mol. The maximum Gasteiger partial charge on any atom is 0.140 e. The minimum atomic E-state index is 0.296. The maximum absolute atomic E-state index is 8.61. The van der Waals surface area contributed by atoms with Gasteiger partial charge in [0.15, 0.2) is 0 Å². The summed E-state index contributed by atoms with van der Waals surface area (Å²) in [5.74, 6) is 0.417. The van der Waals surface area contributed by atoms with E-state index >= 15 is 0 Å². The van der Waals surface area contributed by atoms with Crippen molar-refractivity contribution in [2.75, 3.05) is 7.11 Å². The van der Waals surface area contributed by atoms with Crippen LogP contribution in [-0.2, 0) is 0 Å². The van der Waals surface area contributed by atoms with Crippen LogP contribution in [0.4, 0.5) is 0 Å². The van der Waals surface area contributed by atoms with E-state index in [9.17, 15) is 0 Å². The maximum atomic E-state index is 8.61. The largest absolute Gasteiger partial charge is 0.495 e. The first kappa shape index (κ1) is 9.18. The van der Waals surface area contributed by atoms with Gasteiger partial charge in [-0.1, -0.05) is 23.2 Å². The van der Waals surface area contributed by atoms with Crippen LogP contribution in [0, 0.1) is 11.3 Å². The lowest BCUT2D eigenvalue weighted by Crippen LogP contribution is -1.86. The lowest BCUT2D eigenvalue weighted by atomic mass is 10.2. The van der Waals surface area contributed by atoms with Gasteiger partial charge in [-0.2, -0.15) is 5.26 Å². The second kappa shape index (κ2) is 3.66. The second-order valence-corrected chi connectivity index (χ2v) is 2.90. The first-order chi connectivity index (χ1) is 5.69. The Balaban J connectivity index is 3.34. The van der Waals surface area contributed by atoms with E-state index in [1.54, 1.807) is 6.07 Å². The zero-order chi connectivity index (χ0) is 9.14. The predicted molar refractivity (Wildman–Crippen MR) is 47.7 cm³/mol. The minimum Gasteiger partial charge on any atom is -0.495 e. The molecule has 0 bridgehead atoms. The molecule has 1 aromatic carbocycles. The SMILES string of the molecule is COc1cc(Cl)cc(C#N)c1Cl. The molecule has 0 saturated heterocycles. The highest BCUT2D eigenvalue weighted by molar-refractivity contribution is 6.35. The number of nitrogens with zero attached hydrogens (tertiary/aromatic N) is 1. The Bertz CT molecular complexity index is 344. The van der Waals surface area contributed by atoms with E-state index in [4.69, 9.17) is 33.2 Å². The van der Waals surface area contributed by atoms with Crippen molar-refractivity contribution >= 4 is 23.2 Å². The molecule has 0 amide bonds. The van der Waals surface area contributed by atoms with E-state index in [1.165, 1.54) is 13.2 Å². The molecule has 1 rings (SSSR count). The Morgan fingerprint density at radius 1 is 1.42 bits per heavy atom. The lowest BCUT2D eigenvalue weighted by Gasteiger charge is -2.03. The van der Waals surface area contributed by atoms with E-state index in [1.807, 2.05) is 6.07 Å². The van der Waals surface area contributed by atoms with Gasteiger partial charge in [-0.05, 0) is 6.07 Å². The van der Waals surface area contributed by atoms with Crippen molar-refractivity contribution in [2.45, 2.75) is 0 Å². The molecule has 0 radical (unpaired) electrons. The summed E-state index contributed by atoms with van der Waals surface area (Å²) < 4.78 is 4.90. The number of ether oxygens (including phenoxy) is 1. The smallest absolute Gasteiger partial charge is 0.140 e. The Morgan fingerprint density at radius 3 is 2.58 bits per heavy atom. The van der Waals surface area contributed by atoms with Crippen molar-refractivity contribution in [3.05, 3.63) is 27.7 Å². The molecule has 0 unspecified atom stereocenters. The third kappa shape index (κ3) is 1.63. The standard InChI is InChI=1S/C8H5Cl2NO/c1-12-7-3-6(9)2-5(4-11)8(7)10/h2-3H,1H3. The lowest BCUT2D eigenvalue weighted by molar-refractivity contribution is 0.415. The fourth-order valence-electron chi connectivity index (χ4n) is 0.794. The van der Waals surface area contributed by atoms with Crippen LogP contribution in [0.25, 0.3) is 0 Å². The van der Waals surface area contributed by atoms with Gasteiger partial charge in [-0.3, -0.25) is 0 Å². The van der Waals surface area contributed by atoms with Crippen LogP contribution in [0.15, 0.2) is 12.1 Å². The molecule has 1 aromatic rings. The van der Waals surface area contributed by atoms with Crippen molar-refractivity contribution in [2.24, 2.45) is 0 Å². The third-order valence-corrected chi connectivity index (χ3v) is 1.95. The number of halogens is 2. The molecule has 0 saturated carbocycles. The molecule has 0 aromatic heterocycles. The number of nitriles is 1. The van der Waals surface area contributed by atoms with Gasteiger partial charge in [0.1, 0.15) is 16.8 Å². The Kier molecular flexibility index (Phi) is 2.80. The van der Waals surface area contributed by atoms with Gasteiger partial charge in [0.2, 0.25) is 0 Å². The molecule has 0 aliphatic heterocycles. The van der Waals surface area contributed by atoms with E-state index in [-0.39, 0.29) is 0 Å². The van der Waals surface area contributed by atoms with Crippen molar-refractivity contribution in [1.29, 1.82) is 5.26 Å². The zero-order valence-electron chi connectivity index (χ0n) is 6.27. The van der Waals surface area contributed by atoms with Crippen LogP contribution in [0.2, 0.25) is 10.0 Å². The van der Waals surface area contributed by atoms with Crippen molar-refractivity contribution in [3.8, 4) is 11.8 Å². The van der Waals surface area contributed by atoms with Crippen molar-refractivity contribution in [3.63, 3.8) is 0 Å². The molecule has 12 heavy (non-hydrogen) atoms. The number of methoxy groups -OCH3 is 1. The van der Waals surface area contributed by atoms with E-state index in [0.717, 1.165) is 0 Å². The van der Waals surface area contributed by atoms with Crippen LogP contribution < -0.4 is 4.74 Å². The van der Waals surface area contributed by atoms with Gasteiger partial charge in [-0.15, -0.1) is 0 Å². The molecule has 0 fully saturated rings. The molecule has 0 heterocycles. The molecule has 0 aliphatic carbocycles. The second-order valence-electron chi connectivity index (χ2n) is 2.08. The average molecular weight is 202 g/mol. The molecule has 0 atom stereocenters. The van der Waals surface area contributed by atoms with Crippen molar-refractivity contribution in [1.82, 2.24) is 0 Å². The van der Waals surface area contributed by atoms with E-state index in [2.05, 4.69) is 0 Å². The minimum absolute atomic E-state index is 0.296. The Labute approximate surface area is 80.3 Å². The number of hydrogen-bond acceptors (Lipinski definition) is 2. The summed E-state index contributed by atoms with van der Waals surface area (Å²) in [7, 11) is 1.47. The van der Waals surface area contributed by atoms with E-state index in [0.29, 0.717) is 21.4 Å². The Morgan fingerprint density at radius 2 is 2.08 bits per heavy atom. The number of hydrogen-bond donors (Lipinski definition) is 0. The summed E-state index contributed by atoms with van der Waals surface area (Å²) in [6.07, 6.45) is 0. The summed E-state index contributed by atoms with van der Waals surface area (Å²) in [6, 6.07) is 4.97. The monoisotopic (exact) mass is 201 g/mol. The molecule has 0 aliphatic rings. The summed E-state index contributed by atoms with van der Waals surface area (Å²) in [5, 5.41) is 9.35. The summed E-state index contributed by atoms with van der Waals surface area (Å²) in [6.45, 7) is 0. The van der Waals surface area contributed by atoms with Crippen LogP contribution in [0.3, 0.4) is 0 Å².